The number of nitrogens with one attached hydrogen (secondary N) is 1. The Morgan fingerprint density at radius 2 is 1.72 bits per heavy atom. The summed E-state index contributed by atoms with van der Waals surface area (Å²) < 4.78 is 5.08. The molecule has 0 heterocycles. The lowest BCUT2D eigenvalue weighted by molar-refractivity contribution is -0.149. The van der Waals surface area contributed by atoms with Crippen LogP contribution in [0, 0.1) is 0 Å². The van der Waals surface area contributed by atoms with Gasteiger partial charge in [-0.1, -0.05) is 61.0 Å². The van der Waals surface area contributed by atoms with Crippen LogP contribution in [-0.4, -0.2) is 18.5 Å². The molecule has 25 heavy (non-hydrogen) atoms. The Morgan fingerprint density at radius 3 is 2.40 bits per heavy atom. The highest BCUT2D eigenvalue weighted by atomic mass is 35.5. The van der Waals surface area contributed by atoms with E-state index < -0.39 is 0 Å². The fourth-order valence-corrected chi connectivity index (χ4v) is 2.70. The number of hydrogen-bond donors (Lipinski definition) is 1. The van der Waals surface area contributed by atoms with Crippen molar-refractivity contribution in [3.05, 3.63) is 70.7 Å². The van der Waals surface area contributed by atoms with Gasteiger partial charge in [0.1, 0.15) is 0 Å². The first-order chi connectivity index (χ1) is 12.0. The van der Waals surface area contributed by atoms with Crippen LogP contribution in [-0.2, 0) is 14.3 Å². The van der Waals surface area contributed by atoms with Gasteiger partial charge in [-0.05, 0) is 36.1 Å². The minimum atomic E-state index is -0.387. The molecular weight excluding hydrogens is 338 g/mol. The maximum absolute atomic E-state index is 12.0. The molecule has 0 fully saturated rings. The van der Waals surface area contributed by atoms with Gasteiger partial charge in [-0.3, -0.25) is 9.59 Å². The summed E-state index contributed by atoms with van der Waals surface area (Å²) in [5.41, 5.74) is 1.96. The molecule has 5 heteroatoms. The van der Waals surface area contributed by atoms with E-state index in [0.29, 0.717) is 5.02 Å². The quantitative estimate of drug-likeness (QED) is 0.752. The number of rotatable bonds is 7. The minimum Gasteiger partial charge on any atom is -0.456 e. The second-order valence-corrected chi connectivity index (χ2v) is 6.46. The Morgan fingerprint density at radius 1 is 1.04 bits per heavy atom. The molecule has 0 saturated carbocycles. The highest BCUT2D eigenvalue weighted by molar-refractivity contribution is 6.30. The van der Waals surface area contributed by atoms with E-state index in [2.05, 4.69) is 5.32 Å². The largest absolute Gasteiger partial charge is 0.456 e. The van der Waals surface area contributed by atoms with Gasteiger partial charge in [-0.2, -0.15) is 0 Å². The van der Waals surface area contributed by atoms with Crippen LogP contribution in [0.3, 0.4) is 0 Å². The first kappa shape index (κ1) is 19.0. The van der Waals surface area contributed by atoms with Crippen molar-refractivity contribution in [1.29, 1.82) is 0 Å². The summed E-state index contributed by atoms with van der Waals surface area (Å²) >= 11 is 5.95. The molecule has 0 unspecified atom stereocenters. The molecule has 4 nitrogen and oxygen atoms in total. The van der Waals surface area contributed by atoms with Gasteiger partial charge in [0.05, 0.1) is 12.5 Å². The summed E-state index contributed by atoms with van der Waals surface area (Å²) in [6, 6.07) is 16.8. The first-order valence-electron chi connectivity index (χ1n) is 8.21. The lowest BCUT2D eigenvalue weighted by Gasteiger charge is -2.15. The van der Waals surface area contributed by atoms with E-state index in [1.807, 2.05) is 56.3 Å². The van der Waals surface area contributed by atoms with Crippen LogP contribution >= 0.6 is 11.6 Å². The van der Waals surface area contributed by atoms with Gasteiger partial charge in [-0.15, -0.1) is 0 Å². The third-order valence-corrected chi connectivity index (χ3v) is 4.17. The predicted octanol–water partition coefficient (Wildman–Crippen LogP) is 4.25. The molecule has 0 aromatic heterocycles. The molecule has 0 aliphatic carbocycles. The van der Waals surface area contributed by atoms with Crippen LogP contribution in [0.15, 0.2) is 54.6 Å². The zero-order valence-electron chi connectivity index (χ0n) is 14.4. The molecule has 0 spiro atoms. The second kappa shape index (κ2) is 9.23. The first-order valence-corrected chi connectivity index (χ1v) is 8.59. The minimum absolute atomic E-state index is 0.0437. The molecule has 0 bridgehead atoms. The highest BCUT2D eigenvalue weighted by Crippen LogP contribution is 2.19. The summed E-state index contributed by atoms with van der Waals surface area (Å²) in [6.45, 7) is 3.52. The number of carbonyl (C=O) groups excluding carboxylic acids is 2. The van der Waals surface area contributed by atoms with Crippen molar-refractivity contribution >= 4 is 23.5 Å². The number of halogens is 1. The van der Waals surface area contributed by atoms with Crippen molar-refractivity contribution in [1.82, 2.24) is 5.32 Å². The predicted molar refractivity (Wildman–Crippen MR) is 98.4 cm³/mol. The lowest BCUT2D eigenvalue weighted by Crippen LogP contribution is -2.31. The molecule has 0 aliphatic rings. The Bertz CT molecular complexity index is 718. The van der Waals surface area contributed by atoms with Gasteiger partial charge in [0.2, 0.25) is 0 Å². The molecule has 2 rings (SSSR count). The van der Waals surface area contributed by atoms with Crippen molar-refractivity contribution in [2.45, 2.75) is 32.2 Å². The van der Waals surface area contributed by atoms with Crippen LogP contribution < -0.4 is 5.32 Å². The number of carbonyl (C=O) groups is 2. The van der Waals surface area contributed by atoms with E-state index >= 15 is 0 Å². The Labute approximate surface area is 153 Å². The van der Waals surface area contributed by atoms with Gasteiger partial charge < -0.3 is 10.1 Å². The summed E-state index contributed by atoms with van der Waals surface area (Å²) in [4.78, 5) is 23.9. The number of esters is 1. The van der Waals surface area contributed by atoms with Gasteiger partial charge in [0, 0.05) is 5.02 Å². The van der Waals surface area contributed by atoms with E-state index in [1.54, 1.807) is 12.1 Å². The maximum atomic E-state index is 12.0. The van der Waals surface area contributed by atoms with Gasteiger partial charge in [-0.25, -0.2) is 0 Å². The molecule has 2 atom stereocenters. The zero-order valence-corrected chi connectivity index (χ0v) is 15.1. The SMILES string of the molecule is C[C@H](CC(=O)OCC(=O)N[C@@H](C)c1cccc(Cl)c1)c1ccccc1. The number of hydrogen-bond acceptors (Lipinski definition) is 3. The summed E-state index contributed by atoms with van der Waals surface area (Å²) in [5.74, 6) is -0.683. The van der Waals surface area contributed by atoms with Crippen LogP contribution in [0.2, 0.25) is 5.02 Å². The summed E-state index contributed by atoms with van der Waals surface area (Å²) in [5, 5.41) is 3.40. The second-order valence-electron chi connectivity index (χ2n) is 6.02. The van der Waals surface area contributed by atoms with E-state index in [4.69, 9.17) is 16.3 Å². The van der Waals surface area contributed by atoms with Crippen LogP contribution in [0.25, 0.3) is 0 Å². The van der Waals surface area contributed by atoms with Gasteiger partial charge in [0.15, 0.2) is 6.61 Å². The fourth-order valence-electron chi connectivity index (χ4n) is 2.50. The van der Waals surface area contributed by atoms with Crippen molar-refractivity contribution < 1.29 is 14.3 Å². The smallest absolute Gasteiger partial charge is 0.306 e. The third kappa shape index (κ3) is 6.24. The monoisotopic (exact) mass is 359 g/mol. The lowest BCUT2D eigenvalue weighted by atomic mass is 9.98. The maximum Gasteiger partial charge on any atom is 0.306 e. The molecule has 1 N–H and O–H groups in total. The van der Waals surface area contributed by atoms with Crippen molar-refractivity contribution in [2.75, 3.05) is 6.61 Å². The van der Waals surface area contributed by atoms with Crippen molar-refractivity contribution in [3.63, 3.8) is 0 Å². The van der Waals surface area contributed by atoms with Crippen LogP contribution in [0.4, 0.5) is 0 Å². The normalized spacial score (nSPS) is 12.9. The highest BCUT2D eigenvalue weighted by Gasteiger charge is 2.15. The van der Waals surface area contributed by atoms with Gasteiger partial charge >= 0.3 is 5.97 Å². The van der Waals surface area contributed by atoms with Crippen LogP contribution in [0.5, 0.6) is 0 Å². The Kier molecular flexibility index (Phi) is 7.02. The average molecular weight is 360 g/mol. The molecule has 2 aromatic rings. The molecule has 0 radical (unpaired) electrons. The Balaban J connectivity index is 1.76. The summed E-state index contributed by atoms with van der Waals surface area (Å²) in [7, 11) is 0. The molecular formula is C20H22ClNO3. The van der Waals surface area contributed by atoms with Crippen molar-refractivity contribution in [3.8, 4) is 0 Å². The van der Waals surface area contributed by atoms with E-state index in [-0.39, 0.29) is 36.9 Å². The third-order valence-electron chi connectivity index (χ3n) is 3.93. The van der Waals surface area contributed by atoms with E-state index in [9.17, 15) is 9.59 Å². The van der Waals surface area contributed by atoms with Crippen LogP contribution in [0.1, 0.15) is 43.4 Å². The molecule has 2 aromatic carbocycles. The summed E-state index contributed by atoms with van der Waals surface area (Å²) in [6.07, 6.45) is 0.237. The number of benzene rings is 2. The molecule has 0 saturated heterocycles. The average Bonchev–Trinajstić information content (AvgIpc) is 2.60. The zero-order chi connectivity index (χ0) is 18.2. The molecule has 132 valence electrons. The van der Waals surface area contributed by atoms with Crippen molar-refractivity contribution in [2.24, 2.45) is 0 Å². The molecule has 0 aliphatic heterocycles. The van der Waals surface area contributed by atoms with E-state index in [1.165, 1.54) is 0 Å². The standard InChI is InChI=1S/C20H22ClNO3/c1-14(16-7-4-3-5-8-16)11-20(24)25-13-19(23)22-15(2)17-9-6-10-18(21)12-17/h3-10,12,14-15H,11,13H2,1-2H3,(H,22,23)/t14-,15+/m1/s1. The van der Waals surface area contributed by atoms with Gasteiger partial charge in [0.25, 0.3) is 5.91 Å². The fraction of sp³-hybridized carbons (Fsp3) is 0.300. The Hall–Kier alpha value is -2.33. The molecule has 1 amide bonds. The topological polar surface area (TPSA) is 55.4 Å². The number of amides is 1. The van der Waals surface area contributed by atoms with E-state index in [0.717, 1.165) is 11.1 Å². The number of ether oxygens (including phenoxy) is 1.